The number of benzene rings is 1. The summed E-state index contributed by atoms with van der Waals surface area (Å²) < 4.78 is 11.9. The molecular weight excluding hydrogens is 376 g/mol. The molecule has 0 aliphatic carbocycles. The van der Waals surface area contributed by atoms with Crippen LogP contribution in [0, 0.1) is 6.92 Å². The molecule has 28 heavy (non-hydrogen) atoms. The van der Waals surface area contributed by atoms with Crippen LogP contribution in [0.2, 0.25) is 0 Å². The van der Waals surface area contributed by atoms with E-state index in [1.165, 1.54) is 22.6 Å². The highest BCUT2D eigenvalue weighted by atomic mass is 32.1. The van der Waals surface area contributed by atoms with Crippen molar-refractivity contribution in [1.29, 1.82) is 0 Å². The number of carbonyl (C=O) groups is 1. The Hall–Kier alpha value is -3.00. The Bertz CT molecular complexity index is 1000. The van der Waals surface area contributed by atoms with E-state index in [-0.39, 0.29) is 18.1 Å². The summed E-state index contributed by atoms with van der Waals surface area (Å²) in [5.74, 6) is 1.45. The third-order valence-electron chi connectivity index (χ3n) is 4.25. The molecule has 1 aliphatic heterocycles. The first-order valence-electron chi connectivity index (χ1n) is 8.88. The van der Waals surface area contributed by atoms with Crippen LogP contribution >= 0.6 is 11.3 Å². The first kappa shape index (κ1) is 18.4. The number of aryl methyl sites for hydroxylation is 1. The molecule has 0 radical (unpaired) electrons. The predicted octanol–water partition coefficient (Wildman–Crippen LogP) is 3.70. The number of fused-ring (bicyclic) bond motifs is 1. The lowest BCUT2D eigenvalue weighted by Crippen LogP contribution is -2.31. The Morgan fingerprint density at radius 3 is 2.93 bits per heavy atom. The number of anilines is 2. The average Bonchev–Trinajstić information content (AvgIpc) is 3.22. The van der Waals surface area contributed by atoms with E-state index in [2.05, 4.69) is 15.0 Å². The van der Waals surface area contributed by atoms with Crippen LogP contribution in [0.5, 0.6) is 11.5 Å². The third-order valence-corrected chi connectivity index (χ3v) is 5.19. The molecule has 3 aromatic rings. The largest absolute Gasteiger partial charge is 0.483 e. The number of nitrogens with zero attached hydrogens (tertiary/aromatic N) is 4. The van der Waals surface area contributed by atoms with Crippen molar-refractivity contribution in [3.63, 3.8) is 0 Å². The molecule has 0 saturated carbocycles. The van der Waals surface area contributed by atoms with Gasteiger partial charge in [0.1, 0.15) is 17.7 Å². The van der Waals surface area contributed by atoms with Gasteiger partial charge in [0, 0.05) is 23.6 Å². The highest BCUT2D eigenvalue weighted by Crippen LogP contribution is 2.41. The van der Waals surface area contributed by atoms with Gasteiger partial charge in [0.15, 0.2) is 23.2 Å². The number of amides is 1. The Morgan fingerprint density at radius 2 is 2.21 bits per heavy atom. The van der Waals surface area contributed by atoms with Crippen LogP contribution < -0.4 is 14.4 Å². The van der Waals surface area contributed by atoms with Crippen LogP contribution in [0.25, 0.3) is 0 Å². The summed E-state index contributed by atoms with van der Waals surface area (Å²) in [6.45, 7) is 5.78. The molecule has 0 N–H and O–H groups in total. The molecule has 144 valence electrons. The quantitative estimate of drug-likeness (QED) is 0.654. The molecule has 3 heterocycles. The monoisotopic (exact) mass is 396 g/mol. The Balaban J connectivity index is 1.56. The number of carbonyl (C=O) groups excluding carboxylic acids is 1. The number of ether oxygens (including phenoxy) is 2. The summed E-state index contributed by atoms with van der Waals surface area (Å²) in [6.07, 6.45) is 3.79. The molecular formula is C20H20N4O3S. The van der Waals surface area contributed by atoms with Crippen molar-refractivity contribution >= 4 is 28.2 Å². The highest BCUT2D eigenvalue weighted by Gasteiger charge is 2.32. The van der Waals surface area contributed by atoms with Gasteiger partial charge < -0.3 is 9.47 Å². The Kier molecular flexibility index (Phi) is 4.72. The molecule has 8 heteroatoms. The van der Waals surface area contributed by atoms with E-state index in [0.29, 0.717) is 22.4 Å². The van der Waals surface area contributed by atoms with Crippen molar-refractivity contribution in [2.75, 3.05) is 11.5 Å². The van der Waals surface area contributed by atoms with E-state index in [9.17, 15) is 4.79 Å². The Labute approximate surface area is 167 Å². The van der Waals surface area contributed by atoms with Gasteiger partial charge in [-0.15, -0.1) is 11.3 Å². The maximum absolute atomic E-state index is 13.0. The van der Waals surface area contributed by atoms with Crippen LogP contribution in [0.3, 0.4) is 0 Å². The number of hydrogen-bond acceptors (Lipinski definition) is 7. The zero-order valence-electron chi connectivity index (χ0n) is 15.9. The van der Waals surface area contributed by atoms with Crippen LogP contribution in [-0.2, 0) is 11.2 Å². The zero-order chi connectivity index (χ0) is 19.7. The van der Waals surface area contributed by atoms with Crippen molar-refractivity contribution in [3.8, 4) is 11.5 Å². The lowest BCUT2D eigenvalue weighted by atomic mass is 10.0. The van der Waals surface area contributed by atoms with E-state index in [1.54, 1.807) is 12.3 Å². The molecule has 2 aromatic heterocycles. The summed E-state index contributed by atoms with van der Waals surface area (Å²) in [5, 5.41) is 2.43. The van der Waals surface area contributed by atoms with Gasteiger partial charge in [-0.2, -0.15) is 0 Å². The molecule has 4 rings (SSSR count). The minimum atomic E-state index is -0.281. The number of rotatable bonds is 5. The minimum Gasteiger partial charge on any atom is -0.483 e. The molecule has 0 spiro atoms. The fourth-order valence-electron chi connectivity index (χ4n) is 3.10. The molecule has 0 fully saturated rings. The zero-order valence-corrected chi connectivity index (χ0v) is 16.7. The van der Waals surface area contributed by atoms with Crippen molar-refractivity contribution in [2.24, 2.45) is 0 Å². The minimum absolute atomic E-state index is 0.164. The number of hydrogen-bond donors (Lipinski definition) is 0. The van der Waals surface area contributed by atoms with Crippen molar-refractivity contribution in [1.82, 2.24) is 15.0 Å². The van der Waals surface area contributed by atoms with E-state index >= 15 is 0 Å². The van der Waals surface area contributed by atoms with Crippen LogP contribution in [0.15, 0.2) is 42.2 Å². The van der Waals surface area contributed by atoms with Crippen molar-refractivity contribution in [2.45, 2.75) is 32.8 Å². The van der Waals surface area contributed by atoms with Crippen LogP contribution in [0.1, 0.15) is 25.1 Å². The second-order valence-corrected chi connectivity index (χ2v) is 7.98. The summed E-state index contributed by atoms with van der Waals surface area (Å²) in [5.41, 5.74) is 1.64. The summed E-state index contributed by atoms with van der Waals surface area (Å²) in [6, 6.07) is 7.41. The SMILES string of the molecule is Cc1csc(N(C(=O)COc2cccc3c2OC(C)(C)C3)c2ccncn2)n1. The molecule has 0 bridgehead atoms. The third kappa shape index (κ3) is 3.68. The van der Waals surface area contributed by atoms with Gasteiger partial charge in [0.05, 0.1) is 5.69 Å². The lowest BCUT2D eigenvalue weighted by molar-refractivity contribution is -0.119. The van der Waals surface area contributed by atoms with Crippen molar-refractivity contribution in [3.05, 3.63) is 53.4 Å². The van der Waals surface area contributed by atoms with Crippen LogP contribution in [0.4, 0.5) is 10.9 Å². The highest BCUT2D eigenvalue weighted by molar-refractivity contribution is 7.14. The van der Waals surface area contributed by atoms with E-state index in [4.69, 9.17) is 9.47 Å². The molecule has 0 saturated heterocycles. The van der Waals surface area contributed by atoms with Gasteiger partial charge in [-0.05, 0) is 32.9 Å². The Morgan fingerprint density at radius 1 is 1.36 bits per heavy atom. The molecule has 0 atom stereocenters. The van der Waals surface area contributed by atoms with Gasteiger partial charge in [0.2, 0.25) is 0 Å². The van der Waals surface area contributed by atoms with Gasteiger partial charge in [-0.1, -0.05) is 12.1 Å². The maximum Gasteiger partial charge on any atom is 0.272 e. The smallest absolute Gasteiger partial charge is 0.272 e. The molecule has 1 aromatic carbocycles. The molecule has 1 amide bonds. The van der Waals surface area contributed by atoms with Gasteiger partial charge in [0.25, 0.3) is 5.91 Å². The van der Waals surface area contributed by atoms with Gasteiger partial charge >= 0.3 is 0 Å². The van der Waals surface area contributed by atoms with E-state index < -0.39 is 0 Å². The number of para-hydroxylation sites is 1. The second-order valence-electron chi connectivity index (χ2n) is 7.14. The van der Waals surface area contributed by atoms with Crippen LogP contribution in [-0.4, -0.2) is 33.1 Å². The fourth-order valence-corrected chi connectivity index (χ4v) is 3.92. The summed E-state index contributed by atoms with van der Waals surface area (Å²) in [4.78, 5) is 27.0. The fraction of sp³-hybridized carbons (Fsp3) is 0.300. The number of thiazole rings is 1. The van der Waals surface area contributed by atoms with E-state index in [1.807, 2.05) is 44.4 Å². The van der Waals surface area contributed by atoms with Gasteiger partial charge in [-0.3, -0.25) is 4.79 Å². The van der Waals surface area contributed by atoms with Gasteiger partial charge in [-0.25, -0.2) is 19.9 Å². The standard InChI is InChI=1S/C20H20N4O3S/c1-13-11-28-19(23-13)24(16-7-8-21-12-22-16)17(25)10-26-15-6-4-5-14-9-20(2,3)27-18(14)15/h4-8,11-12H,9-10H2,1-3H3. The maximum atomic E-state index is 13.0. The normalized spacial score (nSPS) is 14.2. The predicted molar refractivity (Wildman–Crippen MR) is 106 cm³/mol. The molecule has 1 aliphatic rings. The second kappa shape index (κ2) is 7.20. The topological polar surface area (TPSA) is 77.4 Å². The summed E-state index contributed by atoms with van der Waals surface area (Å²) >= 11 is 1.38. The molecule has 7 nitrogen and oxygen atoms in total. The number of aromatic nitrogens is 3. The van der Waals surface area contributed by atoms with E-state index in [0.717, 1.165) is 17.7 Å². The first-order chi connectivity index (χ1) is 13.4. The molecule has 0 unspecified atom stereocenters. The summed E-state index contributed by atoms with van der Waals surface area (Å²) in [7, 11) is 0. The average molecular weight is 396 g/mol. The first-order valence-corrected chi connectivity index (χ1v) is 9.76. The van der Waals surface area contributed by atoms with Crippen molar-refractivity contribution < 1.29 is 14.3 Å². The lowest BCUT2D eigenvalue weighted by Gasteiger charge is -2.20.